The first kappa shape index (κ1) is 15.0. The van der Waals surface area contributed by atoms with E-state index in [1.54, 1.807) is 0 Å². The second-order valence-corrected chi connectivity index (χ2v) is 5.53. The Kier molecular flexibility index (Phi) is 4.06. The number of hydrogen-bond donors (Lipinski definition) is 0. The molecule has 3 nitrogen and oxygen atoms in total. The number of hydrogen-bond acceptors (Lipinski definition) is 3. The number of rotatable bonds is 3. The van der Waals surface area contributed by atoms with Gasteiger partial charge in [-0.3, -0.25) is 0 Å². The van der Waals surface area contributed by atoms with Gasteiger partial charge in [0.15, 0.2) is 0 Å². The van der Waals surface area contributed by atoms with Gasteiger partial charge in [-0.1, -0.05) is 6.07 Å². The number of ether oxygens (including phenoxy) is 1. The van der Waals surface area contributed by atoms with Gasteiger partial charge in [0.1, 0.15) is 10.6 Å². The second kappa shape index (κ2) is 4.88. The maximum absolute atomic E-state index is 12.3. The first-order chi connectivity index (χ1) is 8.00. The molecule has 0 spiro atoms. The zero-order valence-electron chi connectivity index (χ0n) is 8.21. The lowest BCUT2D eigenvalue weighted by atomic mass is 10.2. The Hall–Kier alpha value is -1.09. The molecule has 0 aliphatic heterocycles. The molecule has 102 valence electrons. The molecule has 0 atom stereocenters. The highest BCUT2D eigenvalue weighted by Crippen LogP contribution is 2.34. The van der Waals surface area contributed by atoms with Crippen molar-refractivity contribution in [3.8, 4) is 5.75 Å². The lowest BCUT2D eigenvalue weighted by Gasteiger charge is -2.12. The summed E-state index contributed by atoms with van der Waals surface area (Å²) < 4.78 is 85.8. The summed E-state index contributed by atoms with van der Waals surface area (Å²) in [5, 5.41) is 0. The summed E-state index contributed by atoms with van der Waals surface area (Å²) in [5.41, 5.74) is -0.821. The molecule has 0 bridgehead atoms. The van der Waals surface area contributed by atoms with E-state index in [4.69, 9.17) is 10.7 Å². The van der Waals surface area contributed by atoms with Gasteiger partial charge in [0.2, 0.25) is 0 Å². The Morgan fingerprint density at radius 1 is 1.22 bits per heavy atom. The fraction of sp³-hybridized carbons (Fsp3) is 0.250. The fourth-order valence-corrected chi connectivity index (χ4v) is 2.02. The van der Waals surface area contributed by atoms with Crippen molar-refractivity contribution in [1.29, 1.82) is 0 Å². The summed E-state index contributed by atoms with van der Waals surface area (Å²) in [5.74, 6) is -1.30. The van der Waals surface area contributed by atoms with Crippen LogP contribution in [0.15, 0.2) is 23.1 Å². The lowest BCUT2D eigenvalue weighted by molar-refractivity contribution is -0.275. The Morgan fingerprint density at radius 3 is 2.17 bits per heavy atom. The van der Waals surface area contributed by atoms with Crippen LogP contribution in [0.25, 0.3) is 0 Å². The van der Waals surface area contributed by atoms with Crippen molar-refractivity contribution in [1.82, 2.24) is 0 Å². The highest BCUT2D eigenvalue weighted by Gasteiger charge is 2.34. The Bertz CT molecular complexity index is 540. The zero-order valence-corrected chi connectivity index (χ0v) is 9.78. The third-order valence-corrected chi connectivity index (χ3v) is 3.07. The van der Waals surface area contributed by atoms with Crippen LogP contribution in [0.4, 0.5) is 22.0 Å². The van der Waals surface area contributed by atoms with E-state index in [0.717, 1.165) is 0 Å². The number of halogens is 6. The van der Waals surface area contributed by atoms with Gasteiger partial charge in [0.25, 0.3) is 15.5 Å². The first-order valence-corrected chi connectivity index (χ1v) is 6.44. The average Bonchev–Trinajstić information content (AvgIpc) is 2.12. The van der Waals surface area contributed by atoms with E-state index in [9.17, 15) is 30.4 Å². The van der Waals surface area contributed by atoms with Crippen molar-refractivity contribution in [2.24, 2.45) is 0 Å². The average molecular weight is 311 g/mol. The Labute approximate surface area is 103 Å². The van der Waals surface area contributed by atoms with Crippen molar-refractivity contribution in [3.05, 3.63) is 23.8 Å². The van der Waals surface area contributed by atoms with Gasteiger partial charge in [-0.2, -0.15) is 0 Å². The van der Waals surface area contributed by atoms with Crippen LogP contribution in [0.1, 0.15) is 12.0 Å². The van der Waals surface area contributed by atoms with Crippen LogP contribution in [-0.4, -0.2) is 14.8 Å². The van der Waals surface area contributed by atoms with Gasteiger partial charge in [-0.05, 0) is 12.1 Å². The fourth-order valence-electron chi connectivity index (χ4n) is 1.07. The van der Waals surface area contributed by atoms with Gasteiger partial charge in [0.05, 0.1) is 0 Å². The molecule has 0 radical (unpaired) electrons. The Morgan fingerprint density at radius 2 is 1.78 bits per heavy atom. The van der Waals surface area contributed by atoms with E-state index in [-0.39, 0.29) is 6.07 Å². The molecule has 10 heteroatoms. The molecule has 0 saturated heterocycles. The maximum Gasteiger partial charge on any atom is 0.573 e. The van der Waals surface area contributed by atoms with Crippen LogP contribution in [0.5, 0.6) is 5.75 Å². The molecular weight excluding hydrogens is 307 g/mol. The van der Waals surface area contributed by atoms with Gasteiger partial charge >= 0.3 is 6.36 Å². The molecule has 0 N–H and O–H groups in total. The minimum Gasteiger partial charge on any atom is -0.404 e. The van der Waals surface area contributed by atoms with Gasteiger partial charge < -0.3 is 4.74 Å². The maximum atomic E-state index is 12.3. The van der Waals surface area contributed by atoms with Crippen LogP contribution in [0, 0.1) is 0 Å². The number of alkyl halides is 5. The minimum atomic E-state index is -5.23. The SMILES string of the molecule is O=S(=O)(Cl)c1ccc(C(F)F)cc1OC(F)(F)F. The molecule has 1 aromatic rings. The van der Waals surface area contributed by atoms with E-state index < -0.39 is 38.0 Å². The van der Waals surface area contributed by atoms with E-state index in [1.165, 1.54) is 0 Å². The van der Waals surface area contributed by atoms with Crippen molar-refractivity contribution in [2.75, 3.05) is 0 Å². The van der Waals surface area contributed by atoms with Crippen LogP contribution in [0.2, 0.25) is 0 Å². The predicted molar refractivity (Wildman–Crippen MR) is 51.1 cm³/mol. The number of benzene rings is 1. The summed E-state index contributed by atoms with van der Waals surface area (Å²) in [6.07, 6.45) is -8.30. The molecule has 0 aliphatic rings. The molecule has 0 heterocycles. The van der Waals surface area contributed by atoms with E-state index in [2.05, 4.69) is 4.74 Å². The topological polar surface area (TPSA) is 43.4 Å². The monoisotopic (exact) mass is 310 g/mol. The predicted octanol–water partition coefficient (Wildman–Crippen LogP) is 3.45. The van der Waals surface area contributed by atoms with Crippen LogP contribution in [-0.2, 0) is 9.05 Å². The summed E-state index contributed by atoms with van der Waals surface area (Å²) in [6, 6.07) is 1.43. The molecule has 0 fully saturated rings. The summed E-state index contributed by atoms with van der Waals surface area (Å²) in [4.78, 5) is -1.04. The highest BCUT2D eigenvalue weighted by molar-refractivity contribution is 8.13. The molecule has 0 unspecified atom stereocenters. The molecule has 1 rings (SSSR count). The minimum absolute atomic E-state index is 0.271. The second-order valence-electron chi connectivity index (χ2n) is 2.99. The smallest absolute Gasteiger partial charge is 0.404 e. The van der Waals surface area contributed by atoms with Gasteiger partial charge in [-0.15, -0.1) is 13.2 Å². The van der Waals surface area contributed by atoms with Crippen LogP contribution >= 0.6 is 10.7 Å². The summed E-state index contributed by atoms with van der Waals surface area (Å²) >= 11 is 0. The Balaban J connectivity index is 3.36. The van der Waals surface area contributed by atoms with Crippen molar-refractivity contribution >= 4 is 19.7 Å². The van der Waals surface area contributed by atoms with Crippen molar-refractivity contribution in [2.45, 2.75) is 17.7 Å². The van der Waals surface area contributed by atoms with E-state index in [0.29, 0.717) is 12.1 Å². The van der Waals surface area contributed by atoms with Gasteiger partial charge in [0, 0.05) is 16.2 Å². The lowest BCUT2D eigenvalue weighted by Crippen LogP contribution is -2.18. The molecule has 0 amide bonds. The zero-order chi connectivity index (χ0) is 14.1. The summed E-state index contributed by atoms with van der Waals surface area (Å²) in [6.45, 7) is 0. The molecular formula is C8H4ClF5O3S. The molecule has 0 saturated carbocycles. The quantitative estimate of drug-likeness (QED) is 0.634. The van der Waals surface area contributed by atoms with Crippen molar-refractivity contribution in [3.63, 3.8) is 0 Å². The van der Waals surface area contributed by atoms with E-state index in [1.807, 2.05) is 0 Å². The van der Waals surface area contributed by atoms with Gasteiger partial charge in [-0.25, -0.2) is 17.2 Å². The standard InChI is InChI=1S/C8H4ClF5O3S/c9-18(15,16)6-2-1-4(7(10)11)3-5(6)17-8(12,13)14/h1-3,7H. The molecule has 0 aromatic heterocycles. The summed E-state index contributed by atoms with van der Waals surface area (Å²) in [7, 11) is 0.316. The molecule has 18 heavy (non-hydrogen) atoms. The molecule has 1 aromatic carbocycles. The third-order valence-electron chi connectivity index (χ3n) is 1.71. The van der Waals surface area contributed by atoms with Crippen LogP contribution in [0.3, 0.4) is 0 Å². The largest absolute Gasteiger partial charge is 0.573 e. The highest BCUT2D eigenvalue weighted by atomic mass is 35.7. The first-order valence-electron chi connectivity index (χ1n) is 4.13. The normalized spacial score (nSPS) is 12.8. The third kappa shape index (κ3) is 3.98. The van der Waals surface area contributed by atoms with Crippen LogP contribution < -0.4 is 4.74 Å². The molecule has 0 aliphatic carbocycles. The van der Waals surface area contributed by atoms with E-state index >= 15 is 0 Å². The van der Waals surface area contributed by atoms with Crippen molar-refractivity contribution < 1.29 is 35.1 Å².